The van der Waals surface area contributed by atoms with Crippen LogP contribution in [0, 0.1) is 5.92 Å². The molecule has 0 radical (unpaired) electrons. The van der Waals surface area contributed by atoms with Crippen LogP contribution in [0.2, 0.25) is 0 Å². The quantitative estimate of drug-likeness (QED) is 0.836. The Morgan fingerprint density at radius 3 is 3.12 bits per heavy atom. The second kappa shape index (κ2) is 4.49. The van der Waals surface area contributed by atoms with Crippen LogP contribution in [-0.4, -0.2) is 25.5 Å². The Balaban J connectivity index is 1.71. The normalized spacial score (nSPS) is 22.8. The Kier molecular flexibility index (Phi) is 2.85. The first kappa shape index (κ1) is 10.8. The van der Waals surface area contributed by atoms with E-state index in [9.17, 15) is 4.79 Å². The van der Waals surface area contributed by atoms with Crippen LogP contribution >= 0.6 is 0 Å². The SMILES string of the molecule is O=C(CC1CCNC1)N1CCc2ccccc21. The second-order valence-electron chi connectivity index (χ2n) is 4.99. The van der Waals surface area contributed by atoms with Crippen LogP contribution < -0.4 is 10.2 Å². The Hall–Kier alpha value is -1.35. The van der Waals surface area contributed by atoms with Gasteiger partial charge in [-0.15, -0.1) is 0 Å². The van der Waals surface area contributed by atoms with Gasteiger partial charge in [0.15, 0.2) is 0 Å². The van der Waals surface area contributed by atoms with Gasteiger partial charge < -0.3 is 10.2 Å². The van der Waals surface area contributed by atoms with Gasteiger partial charge in [0.05, 0.1) is 0 Å². The van der Waals surface area contributed by atoms with Crippen molar-refractivity contribution in [2.45, 2.75) is 19.3 Å². The number of hydrogen-bond acceptors (Lipinski definition) is 2. The molecule has 3 rings (SSSR count). The van der Waals surface area contributed by atoms with Gasteiger partial charge >= 0.3 is 0 Å². The highest BCUT2D eigenvalue weighted by molar-refractivity contribution is 5.95. The zero-order valence-electron chi connectivity index (χ0n) is 9.98. The van der Waals surface area contributed by atoms with Gasteiger partial charge in [-0.3, -0.25) is 4.79 Å². The zero-order chi connectivity index (χ0) is 11.7. The zero-order valence-corrected chi connectivity index (χ0v) is 9.98. The van der Waals surface area contributed by atoms with E-state index < -0.39 is 0 Å². The topological polar surface area (TPSA) is 32.3 Å². The smallest absolute Gasteiger partial charge is 0.227 e. The van der Waals surface area contributed by atoms with Crippen molar-refractivity contribution in [2.24, 2.45) is 5.92 Å². The van der Waals surface area contributed by atoms with Crippen LogP contribution in [0.1, 0.15) is 18.4 Å². The van der Waals surface area contributed by atoms with E-state index in [1.807, 2.05) is 17.0 Å². The molecule has 2 heterocycles. The number of nitrogens with one attached hydrogen (secondary N) is 1. The van der Waals surface area contributed by atoms with Gasteiger partial charge in [0, 0.05) is 18.7 Å². The molecule has 2 aliphatic heterocycles. The van der Waals surface area contributed by atoms with Crippen LogP contribution in [0.5, 0.6) is 0 Å². The fraction of sp³-hybridized carbons (Fsp3) is 0.500. The highest BCUT2D eigenvalue weighted by atomic mass is 16.2. The third-order valence-corrected chi connectivity index (χ3v) is 3.81. The maximum atomic E-state index is 12.3. The summed E-state index contributed by atoms with van der Waals surface area (Å²) < 4.78 is 0. The molecule has 1 atom stereocenters. The Morgan fingerprint density at radius 1 is 1.41 bits per heavy atom. The van der Waals surface area contributed by atoms with E-state index in [1.54, 1.807) is 0 Å². The molecule has 2 aliphatic rings. The van der Waals surface area contributed by atoms with E-state index in [2.05, 4.69) is 17.4 Å². The Morgan fingerprint density at radius 2 is 2.29 bits per heavy atom. The minimum Gasteiger partial charge on any atom is -0.316 e. The van der Waals surface area contributed by atoms with E-state index >= 15 is 0 Å². The number of rotatable bonds is 2. The van der Waals surface area contributed by atoms with Gasteiger partial charge in [-0.1, -0.05) is 18.2 Å². The second-order valence-corrected chi connectivity index (χ2v) is 4.99. The fourth-order valence-electron chi connectivity index (χ4n) is 2.84. The van der Waals surface area contributed by atoms with Crippen molar-refractivity contribution in [3.63, 3.8) is 0 Å². The summed E-state index contributed by atoms with van der Waals surface area (Å²) in [6, 6.07) is 8.25. The largest absolute Gasteiger partial charge is 0.316 e. The number of para-hydroxylation sites is 1. The first-order valence-electron chi connectivity index (χ1n) is 6.43. The van der Waals surface area contributed by atoms with Crippen molar-refractivity contribution in [3.8, 4) is 0 Å². The molecule has 0 aliphatic carbocycles. The summed E-state index contributed by atoms with van der Waals surface area (Å²) >= 11 is 0. The van der Waals surface area contributed by atoms with Crippen LogP contribution in [-0.2, 0) is 11.2 Å². The molecule has 0 aromatic heterocycles. The van der Waals surface area contributed by atoms with E-state index in [0.29, 0.717) is 18.2 Å². The Bertz CT molecular complexity index is 424. The monoisotopic (exact) mass is 230 g/mol. The summed E-state index contributed by atoms with van der Waals surface area (Å²) in [5.41, 5.74) is 2.44. The number of fused-ring (bicyclic) bond motifs is 1. The average Bonchev–Trinajstić information content (AvgIpc) is 2.96. The molecule has 1 fully saturated rings. The molecule has 1 aromatic carbocycles. The molecule has 17 heavy (non-hydrogen) atoms. The van der Waals surface area contributed by atoms with Crippen LogP contribution in [0.3, 0.4) is 0 Å². The predicted octanol–water partition coefficient (Wildman–Crippen LogP) is 1.58. The summed E-state index contributed by atoms with van der Waals surface area (Å²) in [6.45, 7) is 2.92. The molecule has 0 saturated carbocycles. The predicted molar refractivity (Wildman–Crippen MR) is 68.1 cm³/mol. The average molecular weight is 230 g/mol. The number of carbonyl (C=O) groups is 1. The molecule has 3 heteroatoms. The fourth-order valence-corrected chi connectivity index (χ4v) is 2.84. The van der Waals surface area contributed by atoms with Crippen LogP contribution in [0.25, 0.3) is 0 Å². The van der Waals surface area contributed by atoms with E-state index in [1.165, 1.54) is 5.56 Å². The van der Waals surface area contributed by atoms with Gasteiger partial charge in [0.25, 0.3) is 0 Å². The minimum atomic E-state index is 0.295. The van der Waals surface area contributed by atoms with Crippen molar-refractivity contribution < 1.29 is 4.79 Å². The van der Waals surface area contributed by atoms with E-state index in [0.717, 1.165) is 38.2 Å². The first-order valence-corrected chi connectivity index (χ1v) is 6.43. The molecule has 1 N–H and O–H groups in total. The molecule has 1 saturated heterocycles. The minimum absolute atomic E-state index is 0.295. The third kappa shape index (κ3) is 2.07. The molecule has 1 amide bonds. The van der Waals surface area contributed by atoms with Crippen LogP contribution in [0.4, 0.5) is 5.69 Å². The van der Waals surface area contributed by atoms with E-state index in [4.69, 9.17) is 0 Å². The van der Waals surface area contributed by atoms with Gasteiger partial charge in [-0.25, -0.2) is 0 Å². The van der Waals surface area contributed by atoms with Gasteiger partial charge in [-0.2, -0.15) is 0 Å². The number of carbonyl (C=O) groups excluding carboxylic acids is 1. The van der Waals surface area contributed by atoms with Crippen LogP contribution in [0.15, 0.2) is 24.3 Å². The van der Waals surface area contributed by atoms with Crippen molar-refractivity contribution in [2.75, 3.05) is 24.5 Å². The summed E-state index contributed by atoms with van der Waals surface area (Å²) in [5, 5.41) is 3.32. The lowest BCUT2D eigenvalue weighted by atomic mass is 10.0. The molecule has 0 spiro atoms. The summed E-state index contributed by atoms with van der Waals surface area (Å²) in [4.78, 5) is 14.2. The van der Waals surface area contributed by atoms with Gasteiger partial charge in [0.1, 0.15) is 0 Å². The van der Waals surface area contributed by atoms with Crippen molar-refractivity contribution in [3.05, 3.63) is 29.8 Å². The lowest BCUT2D eigenvalue weighted by Gasteiger charge is -2.19. The summed E-state index contributed by atoms with van der Waals surface area (Å²) in [6.07, 6.45) is 2.84. The number of benzene rings is 1. The van der Waals surface area contributed by atoms with Gasteiger partial charge in [-0.05, 0) is 43.5 Å². The van der Waals surface area contributed by atoms with Crippen molar-refractivity contribution in [1.82, 2.24) is 5.32 Å². The Labute approximate surface area is 102 Å². The lowest BCUT2D eigenvalue weighted by Crippen LogP contribution is -2.30. The summed E-state index contributed by atoms with van der Waals surface area (Å²) in [7, 11) is 0. The molecular weight excluding hydrogens is 212 g/mol. The molecule has 0 bridgehead atoms. The highest BCUT2D eigenvalue weighted by Gasteiger charge is 2.27. The lowest BCUT2D eigenvalue weighted by molar-refractivity contribution is -0.119. The van der Waals surface area contributed by atoms with Crippen molar-refractivity contribution in [1.29, 1.82) is 0 Å². The highest BCUT2D eigenvalue weighted by Crippen LogP contribution is 2.28. The number of hydrogen-bond donors (Lipinski definition) is 1. The van der Waals surface area contributed by atoms with Gasteiger partial charge in [0.2, 0.25) is 5.91 Å². The molecule has 1 aromatic rings. The maximum absolute atomic E-state index is 12.3. The third-order valence-electron chi connectivity index (χ3n) is 3.81. The molecular formula is C14H18N2O. The maximum Gasteiger partial charge on any atom is 0.227 e. The first-order chi connectivity index (χ1) is 8.34. The number of amides is 1. The molecule has 1 unspecified atom stereocenters. The summed E-state index contributed by atoms with van der Waals surface area (Å²) in [5.74, 6) is 0.832. The van der Waals surface area contributed by atoms with Crippen molar-refractivity contribution >= 4 is 11.6 Å². The molecule has 90 valence electrons. The van der Waals surface area contributed by atoms with E-state index in [-0.39, 0.29) is 0 Å². The molecule has 3 nitrogen and oxygen atoms in total. The number of anilines is 1. The number of nitrogens with zero attached hydrogens (tertiary/aromatic N) is 1. The standard InChI is InChI=1S/C14H18N2O/c17-14(9-11-5-7-15-10-11)16-8-6-12-3-1-2-4-13(12)16/h1-4,11,15H,5-10H2.